The normalized spacial score (nSPS) is 11.9. The molecule has 0 aliphatic rings. The van der Waals surface area contributed by atoms with Crippen molar-refractivity contribution in [2.45, 2.75) is 6.54 Å². The molecule has 0 atom stereocenters. The number of furan rings is 1. The molecular formula is C57H42N4O. The topological polar surface area (TPSA) is 63.3 Å². The minimum Gasteiger partial charge on any atom is -0.456 e. The summed E-state index contributed by atoms with van der Waals surface area (Å²) in [6.07, 6.45) is 2.14. The average Bonchev–Trinajstić information content (AvgIpc) is 3.72. The molecule has 5 heteroatoms. The summed E-state index contributed by atoms with van der Waals surface area (Å²) in [5, 5.41) is 5.59. The van der Waals surface area contributed by atoms with Crippen LogP contribution in [0.15, 0.2) is 228 Å². The summed E-state index contributed by atoms with van der Waals surface area (Å²) in [6, 6.07) is 73.5. The molecule has 0 spiro atoms. The Morgan fingerprint density at radius 2 is 0.935 bits per heavy atom. The lowest BCUT2D eigenvalue weighted by atomic mass is 9.98. The van der Waals surface area contributed by atoms with Crippen LogP contribution < -0.4 is 5.32 Å². The molecule has 10 aromatic rings. The summed E-state index contributed by atoms with van der Waals surface area (Å²) in [4.78, 5) is 15.0. The first-order valence-electron chi connectivity index (χ1n) is 20.9. The van der Waals surface area contributed by atoms with Crippen LogP contribution in [0, 0.1) is 0 Å². The lowest BCUT2D eigenvalue weighted by Gasteiger charge is -2.11. The molecule has 0 radical (unpaired) electrons. The SMILES string of the molecule is CN/C(=C\C(=NCc1ccccc1)c1ccccc1)c1ccc(-c2ccc3oc4ccc(-c5ccc(-c6cc(-c7ccccc7)nc(-c7ccccc7)n6)cc5)cc4c3c2)cc1. The van der Waals surface area contributed by atoms with Gasteiger partial charge in [0.05, 0.1) is 23.6 Å². The van der Waals surface area contributed by atoms with Crippen molar-refractivity contribution in [1.29, 1.82) is 0 Å². The zero-order valence-corrected chi connectivity index (χ0v) is 34.2. The highest BCUT2D eigenvalue weighted by molar-refractivity contribution is 6.12. The number of allylic oxidation sites excluding steroid dienone is 1. The Labute approximate surface area is 361 Å². The summed E-state index contributed by atoms with van der Waals surface area (Å²) in [7, 11) is 1.96. The Hall–Kier alpha value is -8.15. The van der Waals surface area contributed by atoms with E-state index in [0.717, 1.165) is 94.8 Å². The van der Waals surface area contributed by atoms with Crippen molar-refractivity contribution in [2.24, 2.45) is 4.99 Å². The van der Waals surface area contributed by atoms with Crippen LogP contribution in [-0.2, 0) is 6.54 Å². The molecule has 62 heavy (non-hydrogen) atoms. The highest BCUT2D eigenvalue weighted by Crippen LogP contribution is 2.36. The lowest BCUT2D eigenvalue weighted by molar-refractivity contribution is 0.669. The zero-order chi connectivity index (χ0) is 41.7. The van der Waals surface area contributed by atoms with Gasteiger partial charge in [-0.2, -0.15) is 0 Å². The van der Waals surface area contributed by atoms with Crippen molar-refractivity contribution in [3.05, 3.63) is 235 Å². The van der Waals surface area contributed by atoms with E-state index < -0.39 is 0 Å². The molecule has 0 amide bonds. The van der Waals surface area contributed by atoms with E-state index >= 15 is 0 Å². The second-order valence-electron chi connectivity index (χ2n) is 15.2. The number of hydrogen-bond acceptors (Lipinski definition) is 5. The number of nitrogens with zero attached hydrogens (tertiary/aromatic N) is 3. The first kappa shape index (κ1) is 38.1. The van der Waals surface area contributed by atoms with E-state index in [4.69, 9.17) is 19.4 Å². The molecular weight excluding hydrogens is 757 g/mol. The zero-order valence-electron chi connectivity index (χ0n) is 34.2. The van der Waals surface area contributed by atoms with Crippen molar-refractivity contribution in [3.63, 3.8) is 0 Å². The number of aromatic nitrogens is 2. The molecule has 8 aromatic carbocycles. The van der Waals surface area contributed by atoms with Gasteiger partial charge in [-0.3, -0.25) is 4.99 Å². The second kappa shape index (κ2) is 17.2. The minimum absolute atomic E-state index is 0.604. The van der Waals surface area contributed by atoms with E-state index in [9.17, 15) is 0 Å². The summed E-state index contributed by atoms with van der Waals surface area (Å²) < 4.78 is 6.35. The highest BCUT2D eigenvalue weighted by atomic mass is 16.3. The molecule has 0 aliphatic carbocycles. The quantitative estimate of drug-likeness (QED) is 0.132. The van der Waals surface area contributed by atoms with Gasteiger partial charge >= 0.3 is 0 Å². The molecule has 1 N–H and O–H groups in total. The van der Waals surface area contributed by atoms with E-state index in [1.165, 1.54) is 5.56 Å². The van der Waals surface area contributed by atoms with Crippen LogP contribution in [0.25, 0.3) is 83.8 Å². The van der Waals surface area contributed by atoms with E-state index in [1.807, 2.05) is 55.6 Å². The number of benzene rings is 8. The van der Waals surface area contributed by atoms with Crippen molar-refractivity contribution >= 4 is 33.3 Å². The second-order valence-corrected chi connectivity index (χ2v) is 15.2. The van der Waals surface area contributed by atoms with Gasteiger partial charge < -0.3 is 9.73 Å². The fourth-order valence-electron chi connectivity index (χ4n) is 7.91. The fraction of sp³-hybridized carbons (Fsp3) is 0.0351. The maximum atomic E-state index is 6.35. The van der Waals surface area contributed by atoms with Gasteiger partial charge in [-0.25, -0.2) is 9.97 Å². The van der Waals surface area contributed by atoms with Gasteiger partial charge in [0.25, 0.3) is 0 Å². The molecule has 0 saturated heterocycles. The third-order valence-corrected chi connectivity index (χ3v) is 11.2. The summed E-state index contributed by atoms with van der Waals surface area (Å²) in [5.74, 6) is 0.704. The summed E-state index contributed by atoms with van der Waals surface area (Å²) >= 11 is 0. The maximum Gasteiger partial charge on any atom is 0.160 e. The van der Waals surface area contributed by atoms with Gasteiger partial charge in [0.15, 0.2) is 5.82 Å². The van der Waals surface area contributed by atoms with Gasteiger partial charge in [0.2, 0.25) is 0 Å². The number of fused-ring (bicyclic) bond motifs is 3. The Morgan fingerprint density at radius 1 is 0.468 bits per heavy atom. The summed E-state index contributed by atoms with van der Waals surface area (Å²) in [6.45, 7) is 0.604. The molecule has 296 valence electrons. The van der Waals surface area contributed by atoms with Crippen LogP contribution in [0.4, 0.5) is 0 Å². The predicted molar refractivity (Wildman–Crippen MR) is 257 cm³/mol. The number of hydrogen-bond donors (Lipinski definition) is 1. The molecule has 0 fully saturated rings. The van der Waals surface area contributed by atoms with Crippen LogP contribution >= 0.6 is 0 Å². The van der Waals surface area contributed by atoms with E-state index in [1.54, 1.807) is 0 Å². The molecule has 0 unspecified atom stereocenters. The molecule has 0 aliphatic heterocycles. The number of nitrogens with one attached hydrogen (secondary N) is 1. The smallest absolute Gasteiger partial charge is 0.160 e. The number of rotatable bonds is 11. The van der Waals surface area contributed by atoms with Crippen molar-refractivity contribution < 1.29 is 4.42 Å². The molecule has 0 saturated carbocycles. The van der Waals surface area contributed by atoms with Crippen LogP contribution in [0.1, 0.15) is 16.7 Å². The summed E-state index contributed by atoms with van der Waals surface area (Å²) in [5.41, 5.74) is 16.3. The number of aliphatic imine (C=N–C) groups is 1. The Bertz CT molecular complexity index is 3140. The predicted octanol–water partition coefficient (Wildman–Crippen LogP) is 14.0. The van der Waals surface area contributed by atoms with E-state index in [-0.39, 0.29) is 0 Å². The standard InChI is InChI=1S/C57H42N4O/c1-58-51(36-52(42-16-8-3-9-17-42)59-38-39-14-6-2-7-15-39)44-26-22-40(23-27-44)47-30-32-55-49(34-47)50-35-48(31-33-56(50)62-55)41-24-28-45(29-25-41)54-37-53(43-18-10-4-11-19-43)60-57(61-54)46-20-12-5-13-21-46/h2-37,58H,38H2,1H3/b51-36-,59-52?. The average molecular weight is 799 g/mol. The molecule has 2 heterocycles. The molecule has 10 rings (SSSR count). The van der Waals surface area contributed by atoms with Gasteiger partial charge in [0.1, 0.15) is 11.2 Å². The van der Waals surface area contributed by atoms with Gasteiger partial charge in [-0.1, -0.05) is 182 Å². The minimum atomic E-state index is 0.604. The van der Waals surface area contributed by atoms with E-state index in [0.29, 0.717) is 12.4 Å². The highest BCUT2D eigenvalue weighted by Gasteiger charge is 2.14. The maximum absolute atomic E-state index is 6.35. The third kappa shape index (κ3) is 8.08. The first-order valence-corrected chi connectivity index (χ1v) is 20.9. The van der Waals surface area contributed by atoms with E-state index in [2.05, 4.69) is 175 Å². The lowest BCUT2D eigenvalue weighted by Crippen LogP contribution is -2.09. The Morgan fingerprint density at radius 3 is 1.50 bits per heavy atom. The molecule has 2 aromatic heterocycles. The van der Waals surface area contributed by atoms with Gasteiger partial charge in [-0.15, -0.1) is 0 Å². The van der Waals surface area contributed by atoms with Crippen molar-refractivity contribution in [2.75, 3.05) is 7.05 Å². The monoisotopic (exact) mass is 798 g/mol. The van der Waals surface area contributed by atoms with Gasteiger partial charge in [-0.05, 0) is 75.4 Å². The van der Waals surface area contributed by atoms with Crippen LogP contribution in [0.3, 0.4) is 0 Å². The van der Waals surface area contributed by atoms with Crippen molar-refractivity contribution in [3.8, 4) is 56.2 Å². The van der Waals surface area contributed by atoms with Crippen LogP contribution in [0.5, 0.6) is 0 Å². The molecule has 5 nitrogen and oxygen atoms in total. The largest absolute Gasteiger partial charge is 0.456 e. The van der Waals surface area contributed by atoms with Crippen LogP contribution in [-0.4, -0.2) is 22.7 Å². The van der Waals surface area contributed by atoms with Crippen molar-refractivity contribution in [1.82, 2.24) is 15.3 Å². The van der Waals surface area contributed by atoms with Gasteiger partial charge in [0, 0.05) is 40.2 Å². The first-order chi connectivity index (χ1) is 30.6. The Kier molecular flexibility index (Phi) is 10.6. The van der Waals surface area contributed by atoms with Crippen LogP contribution in [0.2, 0.25) is 0 Å². The fourth-order valence-corrected chi connectivity index (χ4v) is 7.91. The Balaban J connectivity index is 0.932. The third-order valence-electron chi connectivity index (χ3n) is 11.2. The molecule has 0 bridgehead atoms.